The molecule has 0 N–H and O–H groups in total. The van der Waals surface area contributed by atoms with E-state index in [1.807, 2.05) is 42.5 Å². The smallest absolute Gasteiger partial charge is 0.367 e. The van der Waals surface area contributed by atoms with E-state index < -0.39 is 0 Å². The van der Waals surface area contributed by atoms with E-state index in [2.05, 4.69) is 447 Å². The summed E-state index contributed by atoms with van der Waals surface area (Å²) in [6.45, 7) is 0. The van der Waals surface area contributed by atoms with E-state index in [1.165, 1.54) is 48.5 Å². The molecule has 18 heteroatoms. The molecule has 664 valence electrons. The molecule has 0 saturated carbocycles. The summed E-state index contributed by atoms with van der Waals surface area (Å²) in [6.07, 6.45) is 0. The van der Waals surface area contributed by atoms with E-state index >= 15 is 0 Å². The first kappa shape index (κ1) is 86.4. The molecule has 0 amide bonds. The van der Waals surface area contributed by atoms with Crippen molar-refractivity contribution in [1.29, 1.82) is 0 Å². The van der Waals surface area contributed by atoms with E-state index in [0.717, 1.165) is 212 Å². The summed E-state index contributed by atoms with van der Waals surface area (Å²) >= 11 is 0. The fourth-order valence-corrected chi connectivity index (χ4v) is 20.5. The summed E-state index contributed by atoms with van der Waals surface area (Å²) in [5.41, 5.74) is 29.5. The molecule has 9 aromatic heterocycles. The third-order valence-corrected chi connectivity index (χ3v) is 27.1. The number of aromatic nitrogens is 15. The third-order valence-electron chi connectivity index (χ3n) is 27.1. The molecule has 9 heterocycles. The van der Waals surface area contributed by atoms with Crippen LogP contribution in [-0.4, -0.2) is 71.0 Å². The van der Waals surface area contributed by atoms with Gasteiger partial charge < -0.3 is 41.1 Å². The number of hydrogen-bond donors (Lipinski definition) is 0. The monoisotopic (exact) mass is 2310 g/mol. The topological polar surface area (TPSA) is 122 Å². The average Bonchev–Trinajstić information content (AvgIpc) is 1.49. The van der Waals surface area contributed by atoms with Crippen LogP contribution in [-0.2, 0) is 105 Å². The van der Waals surface area contributed by atoms with Gasteiger partial charge in [-0.05, 0) is 179 Å². The molecule has 0 spiro atoms. The summed E-state index contributed by atoms with van der Waals surface area (Å²) in [5, 5.41) is 14.2. The Morgan fingerprint density at radius 3 is 0.978 bits per heavy atom. The Morgan fingerprint density at radius 2 is 0.522 bits per heavy atom. The Kier molecular flexibility index (Phi) is 21.6. The molecular weight excluding hydrogens is 2240 g/mol. The molecular formula is C120H79N15Pt3. The number of benzene rings is 19. The van der Waals surface area contributed by atoms with Crippen molar-refractivity contribution in [3.63, 3.8) is 0 Å². The minimum Gasteiger partial charge on any atom is -0.367 e. The van der Waals surface area contributed by atoms with E-state index in [4.69, 9.17) is 29.9 Å². The van der Waals surface area contributed by atoms with Gasteiger partial charge in [0.05, 0.1) is 101 Å². The maximum atomic E-state index is 5.12. The summed E-state index contributed by atoms with van der Waals surface area (Å²) < 4.78 is 19.8. The van der Waals surface area contributed by atoms with Crippen LogP contribution in [0.5, 0.6) is 0 Å². The molecule has 0 atom stereocenters. The fourth-order valence-electron chi connectivity index (χ4n) is 20.5. The Hall–Kier alpha value is -15.8. The van der Waals surface area contributed by atoms with Gasteiger partial charge in [-0.2, -0.15) is 0 Å². The van der Waals surface area contributed by atoms with Crippen molar-refractivity contribution in [1.82, 2.24) is 71.0 Å². The number of hydrogen-bond acceptors (Lipinski definition) is 6. The molecule has 0 fully saturated rings. The number of imidazole rings is 6. The number of nitrogens with zero attached hydrogens (tertiary/aromatic N) is 15. The molecule has 28 rings (SSSR count). The first-order valence-electron chi connectivity index (χ1n) is 45.3. The van der Waals surface area contributed by atoms with E-state index in [-0.39, 0.29) is 63.2 Å². The fraction of sp³-hybridized carbons (Fsp3) is 0.0500. The molecule has 0 bridgehead atoms. The quantitative estimate of drug-likeness (QED) is 0.126. The summed E-state index contributed by atoms with van der Waals surface area (Å²) in [5.74, 6) is 5.31. The minimum absolute atomic E-state index is 0. The Balaban J connectivity index is 0.000000115. The predicted octanol–water partition coefficient (Wildman–Crippen LogP) is 27.6. The van der Waals surface area contributed by atoms with Crippen molar-refractivity contribution in [2.75, 3.05) is 0 Å². The Morgan fingerprint density at radius 1 is 0.188 bits per heavy atom. The van der Waals surface area contributed by atoms with Crippen LogP contribution in [0.25, 0.3) is 260 Å². The van der Waals surface area contributed by atoms with Crippen molar-refractivity contribution in [3.05, 3.63) is 406 Å². The van der Waals surface area contributed by atoms with Crippen LogP contribution in [0.3, 0.4) is 0 Å². The maximum absolute atomic E-state index is 5.12. The van der Waals surface area contributed by atoms with E-state index in [0.29, 0.717) is 0 Å². The Bertz CT molecular complexity index is 9770. The molecule has 0 radical (unpaired) electrons. The molecule has 0 unspecified atom stereocenters. The van der Waals surface area contributed by atoms with E-state index in [9.17, 15) is 0 Å². The second-order valence-electron chi connectivity index (χ2n) is 34.8. The number of para-hydroxylation sites is 11. The summed E-state index contributed by atoms with van der Waals surface area (Å²) in [6, 6.07) is 152. The van der Waals surface area contributed by atoms with Gasteiger partial charge in [0, 0.05) is 58.8 Å². The van der Waals surface area contributed by atoms with Gasteiger partial charge >= 0.3 is 63.2 Å². The summed E-state index contributed by atoms with van der Waals surface area (Å²) in [7, 11) is 12.4. The largest absolute Gasteiger partial charge is 2.00 e. The molecule has 0 saturated heterocycles. The van der Waals surface area contributed by atoms with E-state index in [1.54, 1.807) is 0 Å². The maximum Gasteiger partial charge on any atom is 2.00 e. The average molecular weight is 2320 g/mol. The van der Waals surface area contributed by atoms with Gasteiger partial charge in [0.25, 0.3) is 0 Å². The molecule has 138 heavy (non-hydrogen) atoms. The normalized spacial score (nSPS) is 11.7. The van der Waals surface area contributed by atoms with Gasteiger partial charge in [-0.1, -0.05) is 216 Å². The number of fused-ring (bicyclic) bond motifs is 19. The first-order valence-corrected chi connectivity index (χ1v) is 45.3. The Labute approximate surface area is 836 Å². The molecule has 0 aliphatic heterocycles. The second kappa shape index (κ2) is 34.6. The number of rotatable bonds is 10. The molecule has 28 aromatic rings. The standard InChI is InChI=1S/C44H29N5.2C38H25N5.3Pt/c1-47-37-21-10-8-19-35(37)45-43(47)30-16-12-17-32(25-30)49-39-24-23-29-15-6-7-18-33(29)41(39)42-34(28-13-4-3-5-14-28)26-31(27-40(42)49)44-46-36-20-9-11-22-38(36)48(44)2;1-41-33-16-7-5-14-31(33)39-37(41)26-12-9-13-28(20-26)43-35-23-27(38-40-32-15-6-8-17-34(32)42(38)2)18-19-29(35)30-21-24-10-3-4-11-25(24)22-36(30)43;1-41-34-17-8-6-15-31(34)39-37(41)26-12-9-13-28(20-26)43-33-16-7-5-14-29(33)30-19-18-27(23-35(30)43)38-40-32-21-24-10-3-4-11-25(24)22-36(32)42(38)2;;;/h3-24,26H,1-2H3;2*3-19,21-22H,1-2H3;;;/q3*-2;3*+2. The zero-order valence-corrected chi connectivity index (χ0v) is 82.2. The van der Waals surface area contributed by atoms with Crippen LogP contribution < -0.4 is 0 Å². The van der Waals surface area contributed by atoms with Gasteiger partial charge in [-0.25, -0.2) is 0 Å². The molecule has 0 aliphatic carbocycles. The van der Waals surface area contributed by atoms with Gasteiger partial charge in [-0.3, -0.25) is 29.9 Å². The summed E-state index contributed by atoms with van der Waals surface area (Å²) in [4.78, 5) is 30.1. The van der Waals surface area contributed by atoms with Crippen molar-refractivity contribution in [2.24, 2.45) is 42.3 Å². The second-order valence-corrected chi connectivity index (χ2v) is 34.8. The minimum atomic E-state index is 0. The van der Waals surface area contributed by atoms with Crippen molar-refractivity contribution < 1.29 is 63.2 Å². The van der Waals surface area contributed by atoms with Crippen LogP contribution in [0, 0.1) is 36.4 Å². The number of aryl methyl sites for hydroxylation is 6. The SMILES string of the molecule is Cn1c(-c2[c-]c(-n3c4[c-]c(-c5nc6cc7ccccc7cc6n5C)ccc4c4ccccc43)ccc2)nc2ccccc21.Cn1c(-c2[c-]c(-n3c4[c-]c(-c5nc6ccccc6n5C)cc(-c5ccccc5)c4c4c5ccccc5ccc43)ccc2)nc2ccccc21.Cn1c(-c2[c-]c(-n3c4[c-]c(-c5nc6ccccc6n5C)ccc4c4cc5ccccc5cc43)ccc2)nc2ccccc21.[Pt+2].[Pt+2].[Pt+2]. The molecule has 15 nitrogen and oxygen atoms in total. The zero-order chi connectivity index (χ0) is 90.0. The molecule has 0 aliphatic rings. The van der Waals surface area contributed by atoms with Crippen molar-refractivity contribution in [3.8, 4) is 96.5 Å². The van der Waals surface area contributed by atoms with Gasteiger partial charge in [0.2, 0.25) is 0 Å². The van der Waals surface area contributed by atoms with Gasteiger partial charge in [0.1, 0.15) is 0 Å². The van der Waals surface area contributed by atoms with Gasteiger partial charge in [-0.15, -0.1) is 155 Å². The predicted molar refractivity (Wildman–Crippen MR) is 552 cm³/mol. The van der Waals surface area contributed by atoms with Crippen molar-refractivity contribution in [2.45, 2.75) is 0 Å². The zero-order valence-electron chi connectivity index (χ0n) is 75.4. The van der Waals surface area contributed by atoms with Crippen molar-refractivity contribution >= 4 is 164 Å². The first-order chi connectivity index (χ1) is 66.4. The van der Waals surface area contributed by atoms with Crippen LogP contribution >= 0.6 is 0 Å². The van der Waals surface area contributed by atoms with Gasteiger partial charge in [0.15, 0.2) is 0 Å². The van der Waals surface area contributed by atoms with Crippen LogP contribution in [0.4, 0.5) is 0 Å². The van der Waals surface area contributed by atoms with Crippen LogP contribution in [0.15, 0.2) is 370 Å². The molecule has 19 aromatic carbocycles. The van der Waals surface area contributed by atoms with Crippen LogP contribution in [0.1, 0.15) is 0 Å². The third kappa shape index (κ3) is 14.1. The van der Waals surface area contributed by atoms with Crippen LogP contribution in [0.2, 0.25) is 0 Å².